The lowest BCUT2D eigenvalue weighted by atomic mass is 10.2. The molecule has 7 nitrogen and oxygen atoms in total. The van der Waals surface area contributed by atoms with Crippen molar-refractivity contribution in [1.82, 2.24) is 13.8 Å². The Morgan fingerprint density at radius 2 is 1.84 bits per heavy atom. The number of amides is 1. The van der Waals surface area contributed by atoms with Gasteiger partial charge in [-0.2, -0.15) is 4.31 Å². The molecule has 4 rings (SSSR count). The summed E-state index contributed by atoms with van der Waals surface area (Å²) >= 11 is 6.25. The molecule has 170 valence electrons. The Bertz CT molecular complexity index is 1250. The average Bonchev–Trinajstić information content (AvgIpc) is 3.42. The van der Waals surface area contributed by atoms with E-state index in [1.807, 2.05) is 44.6 Å². The van der Waals surface area contributed by atoms with Crippen molar-refractivity contribution in [3.05, 3.63) is 59.2 Å². The van der Waals surface area contributed by atoms with Crippen LogP contribution < -0.4 is 5.32 Å². The van der Waals surface area contributed by atoms with E-state index in [1.165, 1.54) is 22.5 Å². The first kappa shape index (κ1) is 22.8. The first-order chi connectivity index (χ1) is 15.3. The van der Waals surface area contributed by atoms with E-state index in [0.29, 0.717) is 18.8 Å². The van der Waals surface area contributed by atoms with Crippen molar-refractivity contribution in [2.75, 3.05) is 39.0 Å². The maximum absolute atomic E-state index is 12.9. The molecule has 0 spiro atoms. The highest BCUT2D eigenvalue weighted by Gasteiger charge is 2.28. The van der Waals surface area contributed by atoms with Crippen LogP contribution in [0.4, 0.5) is 5.69 Å². The van der Waals surface area contributed by atoms with Gasteiger partial charge in [0.15, 0.2) is 0 Å². The van der Waals surface area contributed by atoms with Gasteiger partial charge in [0, 0.05) is 49.0 Å². The summed E-state index contributed by atoms with van der Waals surface area (Å²) in [6.07, 6.45) is 3.72. The highest BCUT2D eigenvalue weighted by atomic mass is 35.5. The minimum absolute atomic E-state index is 0.0855. The lowest BCUT2D eigenvalue weighted by molar-refractivity contribution is 0.102. The van der Waals surface area contributed by atoms with Crippen LogP contribution in [0, 0.1) is 0 Å². The van der Waals surface area contributed by atoms with E-state index in [0.717, 1.165) is 36.8 Å². The molecule has 0 bridgehead atoms. The Balaban J connectivity index is 1.55. The summed E-state index contributed by atoms with van der Waals surface area (Å²) in [5.74, 6) is -0.445. The Morgan fingerprint density at radius 3 is 2.56 bits per heavy atom. The summed E-state index contributed by atoms with van der Waals surface area (Å²) in [6.45, 7) is 2.80. The third kappa shape index (κ3) is 4.68. The fourth-order valence-corrected chi connectivity index (χ4v) is 5.64. The van der Waals surface area contributed by atoms with E-state index in [1.54, 1.807) is 0 Å². The lowest BCUT2D eigenvalue weighted by Crippen LogP contribution is -2.28. The van der Waals surface area contributed by atoms with E-state index in [-0.39, 0.29) is 15.5 Å². The SMILES string of the molecule is CN(C)CCn1ccc2cc(NC(=O)c3cc(S(=O)(=O)N4CCCC4)ccc3Cl)ccc21. The molecule has 1 fully saturated rings. The van der Waals surface area contributed by atoms with E-state index in [2.05, 4.69) is 14.8 Å². The fourth-order valence-electron chi connectivity index (χ4n) is 3.90. The molecule has 2 heterocycles. The van der Waals surface area contributed by atoms with Gasteiger partial charge in [-0.1, -0.05) is 11.6 Å². The van der Waals surface area contributed by atoms with E-state index in [9.17, 15) is 13.2 Å². The van der Waals surface area contributed by atoms with Crippen LogP contribution in [-0.2, 0) is 16.6 Å². The van der Waals surface area contributed by atoms with Gasteiger partial charge in [0.05, 0.1) is 15.5 Å². The third-order valence-corrected chi connectivity index (χ3v) is 7.93. The molecule has 0 aliphatic carbocycles. The quantitative estimate of drug-likeness (QED) is 0.563. The minimum Gasteiger partial charge on any atom is -0.346 e. The van der Waals surface area contributed by atoms with Crippen molar-refractivity contribution in [3.63, 3.8) is 0 Å². The largest absolute Gasteiger partial charge is 0.346 e. The van der Waals surface area contributed by atoms with Gasteiger partial charge in [-0.15, -0.1) is 0 Å². The second-order valence-corrected chi connectivity index (χ2v) is 10.6. The van der Waals surface area contributed by atoms with Crippen LogP contribution in [0.1, 0.15) is 23.2 Å². The average molecular weight is 475 g/mol. The van der Waals surface area contributed by atoms with Crippen molar-refractivity contribution in [1.29, 1.82) is 0 Å². The number of hydrogen-bond acceptors (Lipinski definition) is 4. The number of nitrogens with zero attached hydrogens (tertiary/aromatic N) is 3. The van der Waals surface area contributed by atoms with Crippen LogP contribution in [0.5, 0.6) is 0 Å². The van der Waals surface area contributed by atoms with Crippen molar-refractivity contribution in [2.24, 2.45) is 0 Å². The summed E-state index contributed by atoms with van der Waals surface area (Å²) < 4.78 is 29.4. The molecular formula is C23H27ClN4O3S. The number of carbonyl (C=O) groups is 1. The zero-order valence-corrected chi connectivity index (χ0v) is 19.8. The van der Waals surface area contributed by atoms with Gasteiger partial charge in [-0.25, -0.2) is 8.42 Å². The second kappa shape index (κ2) is 9.23. The van der Waals surface area contributed by atoms with E-state index >= 15 is 0 Å². The van der Waals surface area contributed by atoms with Gasteiger partial charge in [-0.05, 0) is 69.4 Å². The van der Waals surface area contributed by atoms with Crippen LogP contribution in [0.2, 0.25) is 5.02 Å². The molecule has 1 aliphatic rings. The number of halogens is 1. The normalized spacial score (nSPS) is 15.0. The molecule has 32 heavy (non-hydrogen) atoms. The molecule has 3 aromatic rings. The van der Waals surface area contributed by atoms with Gasteiger partial charge in [-0.3, -0.25) is 4.79 Å². The fraction of sp³-hybridized carbons (Fsp3) is 0.348. The van der Waals surface area contributed by atoms with Crippen molar-refractivity contribution in [2.45, 2.75) is 24.3 Å². The van der Waals surface area contributed by atoms with Crippen LogP contribution in [0.15, 0.2) is 53.6 Å². The molecule has 0 atom stereocenters. The molecular weight excluding hydrogens is 448 g/mol. The zero-order chi connectivity index (χ0) is 22.9. The van der Waals surface area contributed by atoms with Crippen LogP contribution in [0.3, 0.4) is 0 Å². The first-order valence-electron chi connectivity index (χ1n) is 10.6. The summed E-state index contributed by atoms with van der Waals surface area (Å²) in [6, 6.07) is 12.0. The molecule has 1 aromatic heterocycles. The third-order valence-electron chi connectivity index (χ3n) is 5.70. The smallest absolute Gasteiger partial charge is 0.257 e. The predicted octanol–water partition coefficient (Wildman–Crippen LogP) is 3.89. The van der Waals surface area contributed by atoms with E-state index in [4.69, 9.17) is 11.6 Å². The summed E-state index contributed by atoms with van der Waals surface area (Å²) in [4.78, 5) is 15.2. The van der Waals surface area contributed by atoms with Gasteiger partial charge in [0.2, 0.25) is 10.0 Å². The Morgan fingerprint density at radius 1 is 1.09 bits per heavy atom. The molecule has 1 saturated heterocycles. The molecule has 9 heteroatoms. The number of benzene rings is 2. The number of hydrogen-bond donors (Lipinski definition) is 1. The van der Waals surface area contributed by atoms with Crippen molar-refractivity contribution >= 4 is 44.1 Å². The first-order valence-corrected chi connectivity index (χ1v) is 12.4. The molecule has 1 N–H and O–H groups in total. The molecule has 1 aliphatic heterocycles. The number of fused-ring (bicyclic) bond motifs is 1. The molecule has 0 radical (unpaired) electrons. The van der Waals surface area contributed by atoms with Crippen LogP contribution in [-0.4, -0.2) is 61.8 Å². The number of anilines is 1. The molecule has 2 aromatic carbocycles. The lowest BCUT2D eigenvalue weighted by Gasteiger charge is -2.16. The van der Waals surface area contributed by atoms with Gasteiger partial charge < -0.3 is 14.8 Å². The number of sulfonamides is 1. The van der Waals surface area contributed by atoms with Gasteiger partial charge in [0.1, 0.15) is 0 Å². The van der Waals surface area contributed by atoms with Gasteiger partial charge in [0.25, 0.3) is 5.91 Å². The minimum atomic E-state index is -3.63. The molecule has 1 amide bonds. The standard InChI is InChI=1S/C23H27ClN4O3S/c1-26(2)13-14-27-12-9-17-15-18(5-8-22(17)27)25-23(29)20-16-19(6-7-21(20)24)32(30,31)28-10-3-4-11-28/h5-9,12,15-16H,3-4,10-11,13-14H2,1-2H3,(H,25,29). The Hall–Kier alpha value is -2.39. The van der Waals surface area contributed by atoms with Crippen molar-refractivity contribution in [3.8, 4) is 0 Å². The van der Waals surface area contributed by atoms with E-state index < -0.39 is 15.9 Å². The molecule has 0 unspecified atom stereocenters. The summed E-state index contributed by atoms with van der Waals surface area (Å²) in [7, 11) is 0.441. The maximum Gasteiger partial charge on any atom is 0.257 e. The monoisotopic (exact) mass is 474 g/mol. The highest BCUT2D eigenvalue weighted by molar-refractivity contribution is 7.89. The number of aromatic nitrogens is 1. The Kier molecular flexibility index (Phi) is 6.57. The highest BCUT2D eigenvalue weighted by Crippen LogP contribution is 2.27. The zero-order valence-electron chi connectivity index (χ0n) is 18.2. The number of rotatable bonds is 7. The number of carbonyl (C=O) groups excluding carboxylic acids is 1. The number of likely N-dealkylation sites (N-methyl/N-ethyl adjacent to an activating group) is 1. The summed E-state index contributed by atoms with van der Waals surface area (Å²) in [5, 5.41) is 4.07. The second-order valence-electron chi connectivity index (χ2n) is 8.29. The van der Waals surface area contributed by atoms with Crippen LogP contribution >= 0.6 is 11.6 Å². The predicted molar refractivity (Wildman–Crippen MR) is 128 cm³/mol. The summed E-state index contributed by atoms with van der Waals surface area (Å²) in [5.41, 5.74) is 1.84. The Labute approximate surface area is 193 Å². The topological polar surface area (TPSA) is 74.6 Å². The number of nitrogens with one attached hydrogen (secondary N) is 1. The molecule has 0 saturated carbocycles. The maximum atomic E-state index is 12.9. The van der Waals surface area contributed by atoms with Crippen LogP contribution in [0.25, 0.3) is 10.9 Å². The van der Waals surface area contributed by atoms with Gasteiger partial charge >= 0.3 is 0 Å². The van der Waals surface area contributed by atoms with Crippen molar-refractivity contribution < 1.29 is 13.2 Å².